The standard InChI is InChI=1S/C12H23NO3S2/c1-4-5-7-17-10(2)12(14)13(3)11-6-8-18(15,16)9-11/h10-11H,4-9H2,1-3H3. The van der Waals surface area contributed by atoms with Crippen LogP contribution in [-0.2, 0) is 14.6 Å². The van der Waals surface area contributed by atoms with E-state index in [1.165, 1.54) is 0 Å². The Morgan fingerprint density at radius 2 is 2.17 bits per heavy atom. The highest BCUT2D eigenvalue weighted by atomic mass is 32.2. The van der Waals surface area contributed by atoms with Gasteiger partial charge in [-0.1, -0.05) is 13.3 Å². The number of hydrogen-bond acceptors (Lipinski definition) is 4. The van der Waals surface area contributed by atoms with Crippen LogP contribution in [-0.4, -0.2) is 54.8 Å². The first-order valence-electron chi connectivity index (χ1n) is 6.46. The van der Waals surface area contributed by atoms with Gasteiger partial charge in [-0.2, -0.15) is 0 Å². The Bertz CT molecular complexity index is 381. The van der Waals surface area contributed by atoms with Gasteiger partial charge in [-0.3, -0.25) is 4.79 Å². The number of thioether (sulfide) groups is 1. The fourth-order valence-electron chi connectivity index (χ4n) is 2.02. The Labute approximate surface area is 114 Å². The third kappa shape index (κ3) is 4.46. The Morgan fingerprint density at radius 3 is 2.67 bits per heavy atom. The van der Waals surface area contributed by atoms with Crippen LogP contribution in [0, 0.1) is 0 Å². The molecule has 106 valence electrons. The van der Waals surface area contributed by atoms with Crippen molar-refractivity contribution in [2.45, 2.75) is 44.4 Å². The van der Waals surface area contributed by atoms with Crippen molar-refractivity contribution in [1.29, 1.82) is 0 Å². The molecule has 1 saturated heterocycles. The molecule has 18 heavy (non-hydrogen) atoms. The maximum atomic E-state index is 12.1. The molecule has 2 atom stereocenters. The third-order valence-electron chi connectivity index (χ3n) is 3.32. The monoisotopic (exact) mass is 293 g/mol. The normalized spacial score (nSPS) is 23.8. The van der Waals surface area contributed by atoms with Gasteiger partial charge in [0.1, 0.15) is 0 Å². The van der Waals surface area contributed by atoms with Gasteiger partial charge in [-0.05, 0) is 25.5 Å². The van der Waals surface area contributed by atoms with Crippen molar-refractivity contribution in [3.05, 3.63) is 0 Å². The molecule has 0 radical (unpaired) electrons. The lowest BCUT2D eigenvalue weighted by Gasteiger charge is -2.26. The van der Waals surface area contributed by atoms with Crippen LogP contribution in [0.15, 0.2) is 0 Å². The first-order chi connectivity index (χ1) is 8.37. The summed E-state index contributed by atoms with van der Waals surface area (Å²) in [6.45, 7) is 4.03. The predicted molar refractivity (Wildman–Crippen MR) is 76.7 cm³/mol. The van der Waals surface area contributed by atoms with Crippen LogP contribution in [0.3, 0.4) is 0 Å². The summed E-state index contributed by atoms with van der Waals surface area (Å²) in [5.41, 5.74) is 0. The fraction of sp³-hybridized carbons (Fsp3) is 0.917. The van der Waals surface area contributed by atoms with E-state index in [0.29, 0.717) is 6.42 Å². The van der Waals surface area contributed by atoms with Gasteiger partial charge in [-0.15, -0.1) is 11.8 Å². The zero-order chi connectivity index (χ0) is 13.8. The summed E-state index contributed by atoms with van der Waals surface area (Å²) in [6.07, 6.45) is 2.82. The number of carbonyl (C=O) groups excluding carboxylic acids is 1. The second-order valence-electron chi connectivity index (χ2n) is 4.87. The fourth-order valence-corrected chi connectivity index (χ4v) is 4.92. The first-order valence-corrected chi connectivity index (χ1v) is 9.33. The molecule has 0 saturated carbocycles. The van der Waals surface area contributed by atoms with E-state index in [1.54, 1.807) is 23.7 Å². The summed E-state index contributed by atoms with van der Waals surface area (Å²) < 4.78 is 22.8. The summed E-state index contributed by atoms with van der Waals surface area (Å²) in [5, 5.41) is -0.0788. The topological polar surface area (TPSA) is 54.5 Å². The van der Waals surface area contributed by atoms with Crippen molar-refractivity contribution in [2.75, 3.05) is 24.3 Å². The van der Waals surface area contributed by atoms with E-state index >= 15 is 0 Å². The third-order valence-corrected chi connectivity index (χ3v) is 6.29. The Morgan fingerprint density at radius 1 is 1.50 bits per heavy atom. The van der Waals surface area contributed by atoms with E-state index in [4.69, 9.17) is 0 Å². The van der Waals surface area contributed by atoms with Crippen LogP contribution >= 0.6 is 11.8 Å². The Balaban J connectivity index is 2.46. The number of hydrogen-bond donors (Lipinski definition) is 0. The minimum absolute atomic E-state index is 0.0539. The molecule has 6 heteroatoms. The first kappa shape index (κ1) is 15.8. The van der Waals surface area contributed by atoms with Crippen LogP contribution < -0.4 is 0 Å². The highest BCUT2D eigenvalue weighted by Crippen LogP contribution is 2.21. The van der Waals surface area contributed by atoms with Crippen LogP contribution in [0.1, 0.15) is 33.1 Å². The molecule has 1 rings (SSSR count). The van der Waals surface area contributed by atoms with Crippen molar-refractivity contribution in [2.24, 2.45) is 0 Å². The molecule has 0 aliphatic carbocycles. The van der Waals surface area contributed by atoms with Crippen molar-refractivity contribution in [1.82, 2.24) is 4.90 Å². The molecule has 4 nitrogen and oxygen atoms in total. The Kier molecular flexibility index (Phi) is 5.98. The maximum Gasteiger partial charge on any atom is 0.235 e. The average molecular weight is 293 g/mol. The van der Waals surface area contributed by atoms with Gasteiger partial charge in [0.25, 0.3) is 0 Å². The summed E-state index contributed by atoms with van der Waals surface area (Å²) in [4.78, 5) is 13.8. The molecule has 1 heterocycles. The molecule has 2 unspecified atom stereocenters. The van der Waals surface area contributed by atoms with Gasteiger partial charge >= 0.3 is 0 Å². The lowest BCUT2D eigenvalue weighted by Crippen LogP contribution is -2.41. The van der Waals surface area contributed by atoms with Gasteiger partial charge in [-0.25, -0.2) is 8.42 Å². The lowest BCUT2D eigenvalue weighted by molar-refractivity contribution is -0.130. The molecule has 1 amide bonds. The number of amides is 1. The van der Waals surface area contributed by atoms with Gasteiger partial charge < -0.3 is 4.90 Å². The molecule has 1 aliphatic heterocycles. The lowest BCUT2D eigenvalue weighted by atomic mass is 10.2. The smallest absolute Gasteiger partial charge is 0.235 e. The van der Waals surface area contributed by atoms with Gasteiger partial charge in [0.15, 0.2) is 9.84 Å². The Hall–Kier alpha value is -0.230. The van der Waals surface area contributed by atoms with E-state index in [0.717, 1.165) is 18.6 Å². The SMILES string of the molecule is CCCCSC(C)C(=O)N(C)C1CCS(=O)(=O)C1. The molecule has 0 aromatic rings. The van der Waals surface area contributed by atoms with Crippen LogP contribution in [0.5, 0.6) is 0 Å². The molecule has 0 aromatic heterocycles. The second-order valence-corrected chi connectivity index (χ2v) is 8.55. The number of sulfone groups is 1. The van der Waals surface area contributed by atoms with Gasteiger partial charge in [0.2, 0.25) is 5.91 Å². The van der Waals surface area contributed by atoms with E-state index in [9.17, 15) is 13.2 Å². The molecule has 0 aromatic carbocycles. The number of nitrogens with zero attached hydrogens (tertiary/aromatic N) is 1. The van der Waals surface area contributed by atoms with E-state index in [-0.39, 0.29) is 28.7 Å². The molecular weight excluding hydrogens is 270 g/mol. The van der Waals surface area contributed by atoms with Crippen LogP contribution in [0.2, 0.25) is 0 Å². The zero-order valence-electron chi connectivity index (χ0n) is 11.4. The minimum atomic E-state index is -2.92. The van der Waals surface area contributed by atoms with Crippen LogP contribution in [0.4, 0.5) is 0 Å². The zero-order valence-corrected chi connectivity index (χ0v) is 13.0. The minimum Gasteiger partial charge on any atom is -0.341 e. The second kappa shape index (κ2) is 6.80. The summed E-state index contributed by atoms with van der Waals surface area (Å²) in [6, 6.07) is -0.128. The summed E-state index contributed by atoms with van der Waals surface area (Å²) >= 11 is 1.66. The quantitative estimate of drug-likeness (QED) is 0.697. The number of carbonyl (C=O) groups is 1. The van der Waals surface area contributed by atoms with Gasteiger partial charge in [0.05, 0.1) is 16.8 Å². The number of rotatable bonds is 6. The molecule has 1 aliphatic rings. The maximum absolute atomic E-state index is 12.1. The van der Waals surface area contributed by atoms with E-state index in [1.807, 2.05) is 6.92 Å². The summed E-state index contributed by atoms with van der Waals surface area (Å²) in [5.74, 6) is 1.38. The molecule has 0 spiro atoms. The molecule has 1 fully saturated rings. The molecule has 0 N–H and O–H groups in total. The predicted octanol–water partition coefficient (Wildman–Crippen LogP) is 1.55. The summed E-state index contributed by atoms with van der Waals surface area (Å²) in [7, 11) is -1.19. The molecule has 0 bridgehead atoms. The van der Waals surface area contributed by atoms with E-state index < -0.39 is 9.84 Å². The molecular formula is C12H23NO3S2. The van der Waals surface area contributed by atoms with Crippen molar-refractivity contribution in [3.63, 3.8) is 0 Å². The highest BCUT2D eigenvalue weighted by molar-refractivity contribution is 8.00. The van der Waals surface area contributed by atoms with Crippen LogP contribution in [0.25, 0.3) is 0 Å². The number of unbranched alkanes of at least 4 members (excludes halogenated alkanes) is 1. The highest BCUT2D eigenvalue weighted by Gasteiger charge is 2.33. The van der Waals surface area contributed by atoms with E-state index in [2.05, 4.69) is 6.92 Å². The van der Waals surface area contributed by atoms with Crippen molar-refractivity contribution < 1.29 is 13.2 Å². The van der Waals surface area contributed by atoms with Gasteiger partial charge in [0, 0.05) is 13.1 Å². The van der Waals surface area contributed by atoms with Crippen molar-refractivity contribution in [3.8, 4) is 0 Å². The largest absolute Gasteiger partial charge is 0.341 e. The van der Waals surface area contributed by atoms with Crippen molar-refractivity contribution >= 4 is 27.5 Å². The average Bonchev–Trinajstić information content (AvgIpc) is 2.68.